The van der Waals surface area contributed by atoms with Crippen molar-refractivity contribution < 1.29 is 4.79 Å². The van der Waals surface area contributed by atoms with Crippen LogP contribution in [0.25, 0.3) is 0 Å². The van der Waals surface area contributed by atoms with E-state index in [-0.39, 0.29) is 6.03 Å². The van der Waals surface area contributed by atoms with Gasteiger partial charge in [0.05, 0.1) is 0 Å². The van der Waals surface area contributed by atoms with E-state index in [9.17, 15) is 4.79 Å². The number of hydrogen-bond acceptors (Lipinski definition) is 2. The highest BCUT2D eigenvalue weighted by Crippen LogP contribution is 2.09. The molecule has 88 valence electrons. The van der Waals surface area contributed by atoms with E-state index >= 15 is 0 Å². The van der Waals surface area contributed by atoms with Crippen LogP contribution in [0.5, 0.6) is 0 Å². The smallest absolute Gasteiger partial charge is 0.314 e. The van der Waals surface area contributed by atoms with Crippen LogP contribution >= 0.6 is 0 Å². The molecule has 0 aromatic carbocycles. The van der Waals surface area contributed by atoms with Crippen molar-refractivity contribution in [1.82, 2.24) is 16.0 Å². The minimum Gasteiger partial charge on any atom is -0.338 e. The van der Waals surface area contributed by atoms with E-state index in [0.717, 1.165) is 32.6 Å². The third-order valence-electron chi connectivity index (χ3n) is 2.74. The lowest BCUT2D eigenvalue weighted by Crippen LogP contribution is -2.40. The molecule has 4 nitrogen and oxygen atoms in total. The van der Waals surface area contributed by atoms with Crippen LogP contribution in [0.4, 0.5) is 4.79 Å². The van der Waals surface area contributed by atoms with Gasteiger partial charge < -0.3 is 16.0 Å². The third-order valence-corrected chi connectivity index (χ3v) is 2.74. The van der Waals surface area contributed by atoms with E-state index in [0.29, 0.717) is 5.92 Å². The SMILES string of the molecule is CCCNC(=O)NCC1CCCCNC1. The second-order valence-corrected chi connectivity index (χ2v) is 4.20. The molecule has 0 aromatic rings. The summed E-state index contributed by atoms with van der Waals surface area (Å²) in [5, 5.41) is 9.13. The topological polar surface area (TPSA) is 53.2 Å². The maximum atomic E-state index is 11.3. The zero-order valence-corrected chi connectivity index (χ0v) is 9.64. The number of carbonyl (C=O) groups is 1. The molecule has 1 atom stereocenters. The van der Waals surface area contributed by atoms with Crippen LogP contribution in [0.15, 0.2) is 0 Å². The summed E-state index contributed by atoms with van der Waals surface area (Å²) in [5.41, 5.74) is 0. The summed E-state index contributed by atoms with van der Waals surface area (Å²) in [5.74, 6) is 0.597. The first-order chi connectivity index (χ1) is 7.33. The number of urea groups is 1. The number of amides is 2. The molecule has 1 unspecified atom stereocenters. The molecule has 1 aliphatic heterocycles. The molecule has 1 rings (SSSR count). The second kappa shape index (κ2) is 7.51. The quantitative estimate of drug-likeness (QED) is 0.654. The Hall–Kier alpha value is -0.770. The first-order valence-corrected chi connectivity index (χ1v) is 6.05. The summed E-state index contributed by atoms with van der Waals surface area (Å²) in [4.78, 5) is 11.3. The summed E-state index contributed by atoms with van der Waals surface area (Å²) < 4.78 is 0. The predicted molar refractivity (Wildman–Crippen MR) is 61.9 cm³/mol. The molecule has 0 bridgehead atoms. The van der Waals surface area contributed by atoms with E-state index in [4.69, 9.17) is 0 Å². The fraction of sp³-hybridized carbons (Fsp3) is 0.909. The van der Waals surface area contributed by atoms with Gasteiger partial charge in [-0.05, 0) is 38.3 Å². The van der Waals surface area contributed by atoms with Crippen molar-refractivity contribution in [2.24, 2.45) is 5.92 Å². The van der Waals surface area contributed by atoms with E-state index in [1.54, 1.807) is 0 Å². The van der Waals surface area contributed by atoms with Crippen molar-refractivity contribution in [2.75, 3.05) is 26.2 Å². The predicted octanol–water partition coefficient (Wildman–Crippen LogP) is 1.09. The molecule has 0 aliphatic carbocycles. The Kier molecular flexibility index (Phi) is 6.16. The number of nitrogens with one attached hydrogen (secondary N) is 3. The largest absolute Gasteiger partial charge is 0.338 e. The Bertz CT molecular complexity index is 177. The summed E-state index contributed by atoms with van der Waals surface area (Å²) in [7, 11) is 0. The van der Waals surface area contributed by atoms with Gasteiger partial charge in [-0.3, -0.25) is 0 Å². The Morgan fingerprint density at radius 3 is 3.07 bits per heavy atom. The first-order valence-electron chi connectivity index (χ1n) is 6.05. The van der Waals surface area contributed by atoms with Crippen LogP contribution in [0.1, 0.15) is 32.6 Å². The fourth-order valence-corrected chi connectivity index (χ4v) is 1.80. The Morgan fingerprint density at radius 2 is 2.27 bits per heavy atom. The van der Waals surface area contributed by atoms with Crippen LogP contribution in [-0.4, -0.2) is 32.2 Å². The normalized spacial score (nSPS) is 21.8. The van der Waals surface area contributed by atoms with Gasteiger partial charge >= 0.3 is 6.03 Å². The van der Waals surface area contributed by atoms with Gasteiger partial charge in [-0.1, -0.05) is 13.3 Å². The molecule has 1 saturated heterocycles. The average Bonchev–Trinajstić information content (AvgIpc) is 2.51. The number of hydrogen-bond donors (Lipinski definition) is 3. The zero-order chi connectivity index (χ0) is 10.9. The summed E-state index contributed by atoms with van der Waals surface area (Å²) >= 11 is 0. The molecule has 3 N–H and O–H groups in total. The average molecular weight is 213 g/mol. The lowest BCUT2D eigenvalue weighted by molar-refractivity contribution is 0.238. The van der Waals surface area contributed by atoms with E-state index < -0.39 is 0 Å². The first kappa shape index (κ1) is 12.3. The maximum Gasteiger partial charge on any atom is 0.314 e. The Labute approximate surface area is 92.2 Å². The minimum absolute atomic E-state index is 0.0268. The zero-order valence-electron chi connectivity index (χ0n) is 9.64. The van der Waals surface area contributed by atoms with Crippen molar-refractivity contribution in [2.45, 2.75) is 32.6 Å². The minimum atomic E-state index is -0.0268. The second-order valence-electron chi connectivity index (χ2n) is 4.20. The molecule has 15 heavy (non-hydrogen) atoms. The van der Waals surface area contributed by atoms with Crippen molar-refractivity contribution in [3.05, 3.63) is 0 Å². The fourth-order valence-electron chi connectivity index (χ4n) is 1.80. The highest BCUT2D eigenvalue weighted by molar-refractivity contribution is 5.73. The lowest BCUT2D eigenvalue weighted by Gasteiger charge is -2.15. The van der Waals surface area contributed by atoms with Gasteiger partial charge in [0.15, 0.2) is 0 Å². The van der Waals surface area contributed by atoms with E-state index in [1.807, 2.05) is 0 Å². The summed E-state index contributed by atoms with van der Waals surface area (Å²) in [6.07, 6.45) is 4.74. The third kappa shape index (κ3) is 5.62. The molecule has 1 heterocycles. The highest BCUT2D eigenvalue weighted by atomic mass is 16.2. The van der Waals surface area contributed by atoms with Crippen LogP contribution in [0.3, 0.4) is 0 Å². The van der Waals surface area contributed by atoms with Crippen LogP contribution in [-0.2, 0) is 0 Å². The van der Waals surface area contributed by atoms with Gasteiger partial charge in [0.25, 0.3) is 0 Å². The summed E-state index contributed by atoms with van der Waals surface area (Å²) in [6.45, 7) is 5.76. The molecule has 0 saturated carbocycles. The highest BCUT2D eigenvalue weighted by Gasteiger charge is 2.12. The molecular weight excluding hydrogens is 190 g/mol. The molecule has 2 amide bonds. The van der Waals surface area contributed by atoms with Crippen molar-refractivity contribution in [1.29, 1.82) is 0 Å². The van der Waals surface area contributed by atoms with E-state index in [2.05, 4.69) is 22.9 Å². The molecule has 0 aromatic heterocycles. The van der Waals surface area contributed by atoms with Gasteiger partial charge in [-0.15, -0.1) is 0 Å². The standard InChI is InChI=1S/C11H23N3O/c1-2-6-13-11(15)14-9-10-5-3-4-7-12-8-10/h10,12H,2-9H2,1H3,(H2,13,14,15). The Balaban J connectivity index is 2.09. The Morgan fingerprint density at radius 1 is 1.40 bits per heavy atom. The molecule has 0 spiro atoms. The number of carbonyl (C=O) groups excluding carboxylic acids is 1. The van der Waals surface area contributed by atoms with Crippen LogP contribution in [0.2, 0.25) is 0 Å². The molecule has 0 radical (unpaired) electrons. The van der Waals surface area contributed by atoms with Gasteiger partial charge in [-0.2, -0.15) is 0 Å². The molecule has 1 aliphatic rings. The molecular formula is C11H23N3O. The van der Waals surface area contributed by atoms with Crippen LogP contribution in [0, 0.1) is 5.92 Å². The monoisotopic (exact) mass is 213 g/mol. The lowest BCUT2D eigenvalue weighted by atomic mass is 10.0. The van der Waals surface area contributed by atoms with Crippen LogP contribution < -0.4 is 16.0 Å². The van der Waals surface area contributed by atoms with Gasteiger partial charge in [0.1, 0.15) is 0 Å². The number of rotatable bonds is 4. The van der Waals surface area contributed by atoms with Gasteiger partial charge in [-0.25, -0.2) is 4.79 Å². The van der Waals surface area contributed by atoms with Crippen molar-refractivity contribution in [3.8, 4) is 0 Å². The van der Waals surface area contributed by atoms with Crippen molar-refractivity contribution in [3.63, 3.8) is 0 Å². The van der Waals surface area contributed by atoms with Gasteiger partial charge in [0, 0.05) is 13.1 Å². The van der Waals surface area contributed by atoms with E-state index in [1.165, 1.54) is 19.3 Å². The molecule has 1 fully saturated rings. The van der Waals surface area contributed by atoms with Crippen molar-refractivity contribution >= 4 is 6.03 Å². The van der Waals surface area contributed by atoms with Gasteiger partial charge in [0.2, 0.25) is 0 Å². The maximum absolute atomic E-state index is 11.3. The molecule has 4 heteroatoms. The summed E-state index contributed by atoms with van der Waals surface area (Å²) in [6, 6.07) is -0.0268.